The van der Waals surface area contributed by atoms with Gasteiger partial charge in [0, 0.05) is 45.3 Å². The van der Waals surface area contributed by atoms with Crippen LogP contribution in [0.1, 0.15) is 24.4 Å². The van der Waals surface area contributed by atoms with Crippen molar-refractivity contribution in [3.63, 3.8) is 0 Å². The molecule has 4 aromatic rings. The second-order valence-electron chi connectivity index (χ2n) is 10.2. The van der Waals surface area contributed by atoms with Crippen molar-refractivity contribution in [2.45, 2.75) is 25.4 Å². The van der Waals surface area contributed by atoms with E-state index in [0.717, 1.165) is 49.3 Å². The molecule has 0 unspecified atom stereocenters. The van der Waals surface area contributed by atoms with E-state index in [9.17, 15) is 9.18 Å². The number of anilines is 2. The highest BCUT2D eigenvalue weighted by Crippen LogP contribution is 2.33. The highest BCUT2D eigenvalue weighted by molar-refractivity contribution is 5.90. The van der Waals surface area contributed by atoms with Crippen LogP contribution in [0.2, 0.25) is 0 Å². The molecule has 2 aliphatic heterocycles. The van der Waals surface area contributed by atoms with Gasteiger partial charge in [0.1, 0.15) is 11.6 Å². The van der Waals surface area contributed by atoms with Gasteiger partial charge in [-0.15, -0.1) is 0 Å². The molecular formula is C29H33FN8O2. The first kappa shape index (κ1) is 26.1. The number of hydrogen-bond donors (Lipinski definition) is 2. The van der Waals surface area contributed by atoms with E-state index in [-0.39, 0.29) is 11.7 Å². The number of carbonyl (C=O) groups is 1. The SMILES string of the molecule is CNC(=O)Nc1ccc(-c2nc(N3CCOCC3)c3cnn(C4CCN(Cc5ccccc5)CC4)c3n2)cc1F. The number of halogens is 1. The Morgan fingerprint density at radius 1 is 1.05 bits per heavy atom. The average molecular weight is 545 g/mol. The Labute approximate surface area is 232 Å². The van der Waals surface area contributed by atoms with Gasteiger partial charge in [-0.2, -0.15) is 5.10 Å². The fourth-order valence-electron chi connectivity index (χ4n) is 5.43. The van der Waals surface area contributed by atoms with Gasteiger partial charge in [0.05, 0.1) is 36.5 Å². The number of fused-ring (bicyclic) bond motifs is 1. The molecule has 2 saturated heterocycles. The van der Waals surface area contributed by atoms with Crippen LogP contribution in [0.15, 0.2) is 54.7 Å². The van der Waals surface area contributed by atoms with E-state index in [1.165, 1.54) is 24.7 Å². The molecule has 0 atom stereocenters. The highest BCUT2D eigenvalue weighted by Gasteiger charge is 2.26. The Kier molecular flexibility index (Phi) is 7.56. The third-order valence-electron chi connectivity index (χ3n) is 7.60. The first-order valence-corrected chi connectivity index (χ1v) is 13.7. The lowest BCUT2D eigenvalue weighted by atomic mass is 10.0. The number of hydrogen-bond acceptors (Lipinski definition) is 7. The number of likely N-dealkylation sites (tertiary alicyclic amines) is 1. The summed E-state index contributed by atoms with van der Waals surface area (Å²) >= 11 is 0. The lowest BCUT2D eigenvalue weighted by molar-refractivity contribution is 0.122. The van der Waals surface area contributed by atoms with Crippen molar-refractivity contribution in [3.05, 3.63) is 66.1 Å². The summed E-state index contributed by atoms with van der Waals surface area (Å²) < 4.78 is 22.6. The average Bonchev–Trinajstić information content (AvgIpc) is 3.43. The molecule has 2 aromatic carbocycles. The molecule has 0 radical (unpaired) electrons. The largest absolute Gasteiger partial charge is 0.378 e. The molecule has 0 spiro atoms. The molecule has 2 aromatic heterocycles. The first-order valence-electron chi connectivity index (χ1n) is 13.7. The number of carbonyl (C=O) groups excluding carboxylic acids is 1. The fourth-order valence-corrected chi connectivity index (χ4v) is 5.43. The smallest absolute Gasteiger partial charge is 0.319 e. The van der Waals surface area contributed by atoms with E-state index in [0.29, 0.717) is 37.7 Å². The molecule has 2 aliphatic rings. The van der Waals surface area contributed by atoms with Crippen LogP contribution in [0, 0.1) is 5.82 Å². The first-order chi connectivity index (χ1) is 19.6. The number of urea groups is 1. The fraction of sp³-hybridized carbons (Fsp3) is 0.379. The van der Waals surface area contributed by atoms with E-state index in [1.807, 2.05) is 16.9 Å². The normalized spacial score (nSPS) is 16.8. The molecule has 40 heavy (non-hydrogen) atoms. The summed E-state index contributed by atoms with van der Waals surface area (Å²) in [4.78, 5) is 26.2. The second kappa shape index (κ2) is 11.6. The third-order valence-corrected chi connectivity index (χ3v) is 7.60. The topological polar surface area (TPSA) is 100 Å². The van der Waals surface area contributed by atoms with Gasteiger partial charge in [-0.05, 0) is 36.6 Å². The molecule has 6 rings (SSSR count). The van der Waals surface area contributed by atoms with E-state index < -0.39 is 11.8 Å². The number of nitrogens with zero attached hydrogens (tertiary/aromatic N) is 6. The summed E-state index contributed by atoms with van der Waals surface area (Å²) in [5, 5.41) is 10.6. The predicted octanol–water partition coefficient (Wildman–Crippen LogP) is 4.06. The zero-order chi connectivity index (χ0) is 27.5. The van der Waals surface area contributed by atoms with Gasteiger partial charge < -0.3 is 20.3 Å². The molecule has 2 fully saturated rings. The van der Waals surface area contributed by atoms with Crippen LogP contribution in [0.4, 0.5) is 20.7 Å². The quantitative estimate of drug-likeness (QED) is 0.378. The molecule has 2 N–H and O–H groups in total. The Bertz CT molecular complexity index is 1480. The molecule has 4 heterocycles. The van der Waals surface area contributed by atoms with Crippen LogP contribution in [0.3, 0.4) is 0 Å². The molecule has 10 nitrogen and oxygen atoms in total. The minimum Gasteiger partial charge on any atom is -0.378 e. The third kappa shape index (κ3) is 5.47. The zero-order valence-corrected chi connectivity index (χ0v) is 22.5. The molecule has 11 heteroatoms. The molecular weight excluding hydrogens is 511 g/mol. The van der Waals surface area contributed by atoms with Crippen molar-refractivity contribution in [1.29, 1.82) is 0 Å². The van der Waals surface area contributed by atoms with Gasteiger partial charge in [-0.3, -0.25) is 4.90 Å². The maximum Gasteiger partial charge on any atom is 0.319 e. The van der Waals surface area contributed by atoms with Crippen molar-refractivity contribution in [2.24, 2.45) is 0 Å². The van der Waals surface area contributed by atoms with Crippen molar-refractivity contribution < 1.29 is 13.9 Å². The van der Waals surface area contributed by atoms with Crippen molar-refractivity contribution >= 4 is 28.6 Å². The molecule has 2 amide bonds. The van der Waals surface area contributed by atoms with Crippen LogP contribution >= 0.6 is 0 Å². The van der Waals surface area contributed by atoms with Crippen molar-refractivity contribution in [3.8, 4) is 11.4 Å². The van der Waals surface area contributed by atoms with Gasteiger partial charge in [0.25, 0.3) is 0 Å². The van der Waals surface area contributed by atoms with Crippen LogP contribution in [-0.4, -0.2) is 77.1 Å². The van der Waals surface area contributed by atoms with Crippen LogP contribution in [0.5, 0.6) is 0 Å². The Morgan fingerprint density at radius 2 is 1.82 bits per heavy atom. The number of rotatable bonds is 6. The standard InChI is InChI=1S/C29H33FN8O2/c1-31-29(39)33-25-8-7-21(17-24(25)30)26-34-27(37-13-15-40-16-14-37)23-18-32-38(28(23)35-26)22-9-11-36(12-10-22)19-20-5-3-2-4-6-20/h2-8,17-18,22H,9-16,19H2,1H3,(H2,31,33,39). The van der Waals surface area contributed by atoms with Crippen LogP contribution < -0.4 is 15.5 Å². The Morgan fingerprint density at radius 3 is 2.55 bits per heavy atom. The van der Waals surface area contributed by atoms with Gasteiger partial charge >= 0.3 is 6.03 Å². The van der Waals surface area contributed by atoms with Crippen LogP contribution in [0.25, 0.3) is 22.4 Å². The zero-order valence-electron chi connectivity index (χ0n) is 22.5. The maximum atomic E-state index is 15.0. The summed E-state index contributed by atoms with van der Waals surface area (Å²) in [6.45, 7) is 5.53. The van der Waals surface area contributed by atoms with Gasteiger partial charge in [-0.25, -0.2) is 23.8 Å². The molecule has 208 valence electrons. The highest BCUT2D eigenvalue weighted by atomic mass is 19.1. The Balaban J connectivity index is 1.31. The summed E-state index contributed by atoms with van der Waals surface area (Å²) in [6.07, 6.45) is 3.78. The van der Waals surface area contributed by atoms with Gasteiger partial charge in [0.2, 0.25) is 0 Å². The number of morpholine rings is 1. The van der Waals surface area contributed by atoms with E-state index >= 15 is 0 Å². The predicted molar refractivity (Wildman–Crippen MR) is 152 cm³/mol. The lowest BCUT2D eigenvalue weighted by Gasteiger charge is -2.32. The number of aromatic nitrogens is 4. The van der Waals surface area contributed by atoms with E-state index in [4.69, 9.17) is 19.8 Å². The van der Waals surface area contributed by atoms with Crippen LogP contribution in [-0.2, 0) is 11.3 Å². The van der Waals surface area contributed by atoms with Crippen molar-refractivity contribution in [1.82, 2.24) is 30.0 Å². The molecule has 0 aliphatic carbocycles. The van der Waals surface area contributed by atoms with Gasteiger partial charge in [-0.1, -0.05) is 30.3 Å². The van der Waals surface area contributed by atoms with E-state index in [2.05, 4.69) is 44.7 Å². The van der Waals surface area contributed by atoms with E-state index in [1.54, 1.807) is 6.07 Å². The minimum absolute atomic E-state index is 0.0879. The van der Waals surface area contributed by atoms with Gasteiger partial charge in [0.15, 0.2) is 11.5 Å². The number of ether oxygens (including phenoxy) is 1. The summed E-state index contributed by atoms with van der Waals surface area (Å²) in [5.74, 6) is 0.642. The number of nitrogens with one attached hydrogen (secondary N) is 2. The number of piperidine rings is 1. The molecule has 0 bridgehead atoms. The second-order valence-corrected chi connectivity index (χ2v) is 10.2. The maximum absolute atomic E-state index is 15.0. The number of amides is 2. The summed E-state index contributed by atoms with van der Waals surface area (Å²) in [6, 6.07) is 14.9. The minimum atomic E-state index is -0.558. The summed E-state index contributed by atoms with van der Waals surface area (Å²) in [7, 11) is 1.48. The van der Waals surface area contributed by atoms with Crippen molar-refractivity contribution in [2.75, 3.05) is 56.7 Å². The molecule has 0 saturated carbocycles. The monoisotopic (exact) mass is 544 g/mol. The summed E-state index contributed by atoms with van der Waals surface area (Å²) in [5.41, 5.74) is 2.69. The Hall–Kier alpha value is -4.09. The number of benzene rings is 2. The lowest BCUT2D eigenvalue weighted by Crippen LogP contribution is -2.37.